The molecule has 12 heavy (non-hydrogen) atoms. The van der Waals surface area contributed by atoms with Crippen LogP contribution < -0.4 is 10.6 Å². The van der Waals surface area contributed by atoms with Gasteiger partial charge >= 0.3 is 0 Å². The van der Waals surface area contributed by atoms with Crippen LogP contribution in [0.1, 0.15) is 0 Å². The highest BCUT2D eigenvalue weighted by Gasteiger charge is 2.02. The third kappa shape index (κ3) is 1.39. The van der Waals surface area contributed by atoms with Gasteiger partial charge in [0.15, 0.2) is 0 Å². The van der Waals surface area contributed by atoms with E-state index in [1.165, 1.54) is 6.34 Å². The molecule has 0 saturated carbocycles. The number of anilines is 1. The summed E-state index contributed by atoms with van der Waals surface area (Å²) in [6.45, 7) is 0. The van der Waals surface area contributed by atoms with Gasteiger partial charge in [-0.25, -0.2) is 0 Å². The van der Waals surface area contributed by atoms with E-state index in [1.54, 1.807) is 12.4 Å². The SMILES string of the molecule is C1=NN=C(Nc2cccnc2)[N]1. The molecule has 0 amide bonds. The van der Waals surface area contributed by atoms with Crippen molar-refractivity contribution < 1.29 is 0 Å². The molecule has 0 unspecified atom stereocenters. The van der Waals surface area contributed by atoms with Gasteiger partial charge < -0.3 is 5.32 Å². The molecular formula is C7H6N5. The van der Waals surface area contributed by atoms with Crippen molar-refractivity contribution in [3.05, 3.63) is 24.5 Å². The number of hydrogen-bond acceptors (Lipinski definition) is 4. The van der Waals surface area contributed by atoms with Crippen LogP contribution in [-0.4, -0.2) is 17.3 Å². The first-order chi connectivity index (χ1) is 5.95. The number of hydrogen-bond donors (Lipinski definition) is 1. The summed E-state index contributed by atoms with van der Waals surface area (Å²) in [6.07, 6.45) is 4.78. The fourth-order valence-electron chi connectivity index (χ4n) is 0.810. The van der Waals surface area contributed by atoms with E-state index in [9.17, 15) is 0 Å². The Morgan fingerprint density at radius 1 is 1.33 bits per heavy atom. The largest absolute Gasteiger partial charge is 0.321 e. The molecule has 59 valence electrons. The number of nitrogens with one attached hydrogen (secondary N) is 1. The summed E-state index contributed by atoms with van der Waals surface area (Å²) in [5.74, 6) is 0.489. The lowest BCUT2D eigenvalue weighted by Gasteiger charge is -2.00. The van der Waals surface area contributed by atoms with Crippen LogP contribution >= 0.6 is 0 Å². The van der Waals surface area contributed by atoms with Crippen LogP contribution in [-0.2, 0) is 0 Å². The Balaban J connectivity index is 2.05. The third-order valence-corrected chi connectivity index (χ3v) is 1.30. The zero-order chi connectivity index (χ0) is 8.23. The molecule has 0 aliphatic carbocycles. The molecule has 0 saturated heterocycles. The fraction of sp³-hybridized carbons (Fsp3) is 0. The summed E-state index contributed by atoms with van der Waals surface area (Å²) in [5, 5.41) is 14.1. The monoisotopic (exact) mass is 160 g/mol. The van der Waals surface area contributed by atoms with Gasteiger partial charge in [0.1, 0.15) is 6.34 Å². The average molecular weight is 160 g/mol. The Labute approximate surface area is 69.2 Å². The maximum Gasteiger partial charge on any atom is 0.248 e. The van der Waals surface area contributed by atoms with Gasteiger partial charge in [0.05, 0.1) is 11.9 Å². The second-order valence-electron chi connectivity index (χ2n) is 2.15. The molecule has 0 bridgehead atoms. The predicted molar refractivity (Wildman–Crippen MR) is 45.9 cm³/mol. The summed E-state index contributed by atoms with van der Waals surface area (Å²) in [4.78, 5) is 3.93. The highest BCUT2D eigenvalue weighted by molar-refractivity contribution is 6.01. The van der Waals surface area contributed by atoms with Crippen molar-refractivity contribution in [1.82, 2.24) is 10.3 Å². The minimum atomic E-state index is 0.489. The van der Waals surface area contributed by atoms with Crippen molar-refractivity contribution in [3.8, 4) is 0 Å². The van der Waals surface area contributed by atoms with Crippen LogP contribution in [0.25, 0.3) is 0 Å². The van der Waals surface area contributed by atoms with Crippen LogP contribution in [0.4, 0.5) is 5.69 Å². The van der Waals surface area contributed by atoms with Crippen molar-refractivity contribution in [2.24, 2.45) is 10.2 Å². The quantitative estimate of drug-likeness (QED) is 0.646. The average Bonchev–Trinajstić information content (AvgIpc) is 2.59. The lowest BCUT2D eigenvalue weighted by Crippen LogP contribution is -2.19. The molecule has 0 spiro atoms. The molecule has 1 aliphatic heterocycles. The zero-order valence-electron chi connectivity index (χ0n) is 6.18. The van der Waals surface area contributed by atoms with Gasteiger partial charge in [-0.3, -0.25) is 4.98 Å². The minimum absolute atomic E-state index is 0.489. The lowest BCUT2D eigenvalue weighted by molar-refractivity contribution is 1.26. The van der Waals surface area contributed by atoms with Gasteiger partial charge in [-0.2, -0.15) is 5.32 Å². The minimum Gasteiger partial charge on any atom is -0.321 e. The van der Waals surface area contributed by atoms with E-state index in [4.69, 9.17) is 0 Å². The summed E-state index contributed by atoms with van der Waals surface area (Å²) < 4.78 is 0. The van der Waals surface area contributed by atoms with Gasteiger partial charge in [0.2, 0.25) is 5.96 Å². The van der Waals surface area contributed by atoms with E-state index in [0.717, 1.165) is 5.69 Å². The molecule has 0 aromatic carbocycles. The molecule has 1 aromatic rings. The van der Waals surface area contributed by atoms with E-state index in [-0.39, 0.29) is 0 Å². The van der Waals surface area contributed by atoms with Gasteiger partial charge in [-0.15, -0.1) is 10.2 Å². The molecule has 0 fully saturated rings. The maximum absolute atomic E-state index is 3.93. The van der Waals surface area contributed by atoms with Gasteiger partial charge in [-0.1, -0.05) is 0 Å². The van der Waals surface area contributed by atoms with Crippen molar-refractivity contribution in [2.75, 3.05) is 5.32 Å². The summed E-state index contributed by atoms with van der Waals surface area (Å²) >= 11 is 0. The third-order valence-electron chi connectivity index (χ3n) is 1.30. The Morgan fingerprint density at radius 3 is 3.00 bits per heavy atom. The molecule has 1 radical (unpaired) electrons. The zero-order valence-corrected chi connectivity index (χ0v) is 6.18. The van der Waals surface area contributed by atoms with Crippen LogP contribution in [0.5, 0.6) is 0 Å². The first-order valence-electron chi connectivity index (χ1n) is 3.42. The predicted octanol–water partition coefficient (Wildman–Crippen LogP) is 0.411. The molecule has 2 rings (SSSR count). The summed E-state index contributed by atoms with van der Waals surface area (Å²) in [7, 11) is 0. The number of pyridine rings is 1. The molecule has 2 heterocycles. The second-order valence-corrected chi connectivity index (χ2v) is 2.15. The Morgan fingerprint density at radius 2 is 2.33 bits per heavy atom. The topological polar surface area (TPSA) is 63.7 Å². The lowest BCUT2D eigenvalue weighted by atomic mass is 10.4. The van der Waals surface area contributed by atoms with Crippen LogP contribution in [0.15, 0.2) is 34.7 Å². The number of rotatable bonds is 1. The molecule has 1 aliphatic rings. The molecule has 1 aromatic heterocycles. The number of nitrogens with zero attached hydrogens (tertiary/aromatic N) is 4. The second kappa shape index (κ2) is 3.00. The Kier molecular flexibility index (Phi) is 1.69. The molecule has 5 nitrogen and oxygen atoms in total. The highest BCUT2D eigenvalue weighted by Crippen LogP contribution is 2.02. The maximum atomic E-state index is 3.93. The van der Waals surface area contributed by atoms with Crippen molar-refractivity contribution in [1.29, 1.82) is 0 Å². The van der Waals surface area contributed by atoms with Gasteiger partial charge in [-0.05, 0) is 12.1 Å². The van der Waals surface area contributed by atoms with Crippen molar-refractivity contribution in [3.63, 3.8) is 0 Å². The van der Waals surface area contributed by atoms with Crippen LogP contribution in [0.3, 0.4) is 0 Å². The summed E-state index contributed by atoms with van der Waals surface area (Å²) in [5.41, 5.74) is 0.852. The smallest absolute Gasteiger partial charge is 0.248 e. The fourth-order valence-corrected chi connectivity index (χ4v) is 0.810. The van der Waals surface area contributed by atoms with E-state index in [1.807, 2.05) is 12.1 Å². The molecule has 1 N–H and O–H groups in total. The van der Waals surface area contributed by atoms with E-state index < -0.39 is 0 Å². The van der Waals surface area contributed by atoms with Crippen molar-refractivity contribution >= 4 is 18.0 Å². The molecule has 0 atom stereocenters. The standard InChI is InChI=1S/C7H6N5/c1-2-6(4-8-3-1)11-7-9-5-10-12-7/h1-5H,(H,11,12). The van der Waals surface area contributed by atoms with E-state index >= 15 is 0 Å². The highest BCUT2D eigenvalue weighted by atomic mass is 15.4. The van der Waals surface area contributed by atoms with E-state index in [2.05, 4.69) is 25.8 Å². The number of guanidine groups is 1. The molecular weight excluding hydrogens is 154 g/mol. The summed E-state index contributed by atoms with van der Waals surface area (Å²) in [6, 6.07) is 3.71. The van der Waals surface area contributed by atoms with Gasteiger partial charge in [0.25, 0.3) is 0 Å². The van der Waals surface area contributed by atoms with Crippen LogP contribution in [0, 0.1) is 0 Å². The Bertz CT molecular complexity index is 316. The number of aromatic nitrogens is 1. The first kappa shape index (κ1) is 6.78. The van der Waals surface area contributed by atoms with Crippen LogP contribution in [0.2, 0.25) is 0 Å². The van der Waals surface area contributed by atoms with Crippen molar-refractivity contribution in [2.45, 2.75) is 0 Å². The van der Waals surface area contributed by atoms with Gasteiger partial charge in [0, 0.05) is 6.20 Å². The Hall–Kier alpha value is -1.91. The first-order valence-corrected chi connectivity index (χ1v) is 3.42. The molecule has 5 heteroatoms. The van der Waals surface area contributed by atoms with E-state index in [0.29, 0.717) is 5.96 Å². The normalized spacial score (nSPS) is 13.8.